The van der Waals surface area contributed by atoms with Crippen molar-refractivity contribution >= 4 is 28.6 Å². The Bertz CT molecular complexity index is 1460. The maximum atomic E-state index is 14.2. The van der Waals surface area contributed by atoms with Crippen LogP contribution in [0.3, 0.4) is 0 Å². The van der Waals surface area contributed by atoms with Crippen molar-refractivity contribution in [2.24, 2.45) is 11.7 Å². The van der Waals surface area contributed by atoms with E-state index in [0.29, 0.717) is 33.9 Å². The minimum Gasteiger partial charge on any atom is -0.496 e. The van der Waals surface area contributed by atoms with Gasteiger partial charge in [-0.3, -0.25) is 9.59 Å². The molecule has 3 N–H and O–H groups in total. The third-order valence-electron chi connectivity index (χ3n) is 6.43. The van der Waals surface area contributed by atoms with Gasteiger partial charge >= 0.3 is 5.97 Å². The number of aromatic nitrogens is 1. The van der Waals surface area contributed by atoms with E-state index >= 15 is 0 Å². The SMILES string of the molecule is CC[C@@H]1[C@H](F)C(=O)N[C@@H]1COc1ncc(C#Cc2ccc(C(=O)OC)cc2)c2cc(C(N)=O)c(OC)cc12. The third kappa shape index (κ3) is 5.22. The number of hydrogen-bond acceptors (Lipinski definition) is 7. The molecule has 0 bridgehead atoms. The predicted molar refractivity (Wildman–Crippen MR) is 137 cm³/mol. The van der Waals surface area contributed by atoms with E-state index in [1.165, 1.54) is 20.4 Å². The van der Waals surface area contributed by atoms with Crippen LogP contribution in [0.4, 0.5) is 4.39 Å². The second-order valence-electron chi connectivity index (χ2n) is 8.66. The minimum atomic E-state index is -1.59. The van der Waals surface area contributed by atoms with Gasteiger partial charge in [0.15, 0.2) is 6.17 Å². The molecule has 0 saturated carbocycles. The maximum Gasteiger partial charge on any atom is 0.337 e. The lowest BCUT2D eigenvalue weighted by Gasteiger charge is -2.19. The fourth-order valence-corrected chi connectivity index (χ4v) is 4.36. The number of primary amides is 1. The maximum absolute atomic E-state index is 14.2. The highest BCUT2D eigenvalue weighted by Crippen LogP contribution is 2.33. The highest BCUT2D eigenvalue weighted by molar-refractivity contribution is 6.03. The van der Waals surface area contributed by atoms with E-state index in [0.717, 1.165) is 0 Å². The summed E-state index contributed by atoms with van der Waals surface area (Å²) in [5.41, 5.74) is 7.24. The van der Waals surface area contributed by atoms with Gasteiger partial charge in [-0.25, -0.2) is 14.2 Å². The summed E-state index contributed by atoms with van der Waals surface area (Å²) in [7, 11) is 2.71. The van der Waals surface area contributed by atoms with Crippen molar-refractivity contribution in [2.45, 2.75) is 25.6 Å². The van der Waals surface area contributed by atoms with E-state index in [1.807, 2.05) is 6.92 Å². The average Bonchev–Trinajstić information content (AvgIpc) is 3.21. The molecule has 1 fully saturated rings. The fraction of sp³-hybridized carbons (Fsp3) is 0.286. The Kier molecular flexibility index (Phi) is 7.76. The van der Waals surface area contributed by atoms with Gasteiger partial charge in [-0.05, 0) is 42.8 Å². The van der Waals surface area contributed by atoms with Gasteiger partial charge in [0.25, 0.3) is 11.8 Å². The first-order chi connectivity index (χ1) is 18.3. The molecule has 4 rings (SSSR count). The number of nitrogens with zero attached hydrogens (tertiary/aromatic N) is 1. The molecule has 196 valence electrons. The Balaban J connectivity index is 1.72. The summed E-state index contributed by atoms with van der Waals surface area (Å²) in [6, 6.07) is 9.19. The molecule has 10 heteroatoms. The highest BCUT2D eigenvalue weighted by atomic mass is 19.1. The molecule has 2 amide bonds. The van der Waals surface area contributed by atoms with Crippen LogP contribution in [0.25, 0.3) is 10.8 Å². The lowest BCUT2D eigenvalue weighted by atomic mass is 9.97. The second kappa shape index (κ2) is 11.2. The van der Waals surface area contributed by atoms with Crippen molar-refractivity contribution in [3.8, 4) is 23.5 Å². The first-order valence-corrected chi connectivity index (χ1v) is 11.9. The van der Waals surface area contributed by atoms with Gasteiger partial charge in [-0.2, -0.15) is 0 Å². The van der Waals surface area contributed by atoms with Crippen LogP contribution in [0.5, 0.6) is 11.6 Å². The highest BCUT2D eigenvalue weighted by Gasteiger charge is 2.41. The Morgan fingerprint density at radius 2 is 1.87 bits per heavy atom. The van der Waals surface area contributed by atoms with Gasteiger partial charge in [0.2, 0.25) is 5.88 Å². The number of nitrogens with two attached hydrogens (primary N) is 1. The normalized spacial score (nSPS) is 18.3. The predicted octanol–water partition coefficient (Wildman–Crippen LogP) is 2.77. The zero-order valence-electron chi connectivity index (χ0n) is 21.0. The average molecular weight is 520 g/mol. The number of carbonyl (C=O) groups is 3. The molecule has 1 aliphatic heterocycles. The van der Waals surface area contributed by atoms with Crippen LogP contribution in [0, 0.1) is 17.8 Å². The summed E-state index contributed by atoms with van der Waals surface area (Å²) in [4.78, 5) is 40.0. The van der Waals surface area contributed by atoms with Crippen LogP contribution >= 0.6 is 0 Å². The van der Waals surface area contributed by atoms with Gasteiger partial charge in [-0.15, -0.1) is 0 Å². The Morgan fingerprint density at radius 3 is 2.50 bits per heavy atom. The lowest BCUT2D eigenvalue weighted by molar-refractivity contribution is -0.123. The van der Waals surface area contributed by atoms with Crippen molar-refractivity contribution < 1.29 is 33.0 Å². The zero-order chi connectivity index (χ0) is 27.4. The number of carbonyl (C=O) groups excluding carboxylic acids is 3. The van der Waals surface area contributed by atoms with Crippen molar-refractivity contribution in [3.05, 3.63) is 64.8 Å². The summed E-state index contributed by atoms with van der Waals surface area (Å²) in [5.74, 6) is 4.18. The number of amides is 2. The molecule has 2 heterocycles. The number of hydrogen-bond donors (Lipinski definition) is 2. The Hall–Kier alpha value is -4.65. The van der Waals surface area contributed by atoms with E-state index in [4.69, 9.17) is 19.9 Å². The standard InChI is InChI=1S/C28H26FN3O6/c1-4-18-22(32-26(34)24(18)29)14-38-27-20-12-23(36-2)21(25(30)33)11-19(20)17(13-31-27)10-7-15-5-8-16(9-6-15)28(35)37-3/h5-6,8-9,11-13,18,22,24H,4,14H2,1-3H3,(H2,30,33)(H,32,34)/t18-,22+,24-/m0/s1. The first kappa shape index (κ1) is 26.4. The number of alkyl halides is 1. The number of rotatable bonds is 7. The topological polar surface area (TPSA) is 130 Å². The molecule has 38 heavy (non-hydrogen) atoms. The fourth-order valence-electron chi connectivity index (χ4n) is 4.36. The molecule has 1 aromatic heterocycles. The third-order valence-corrected chi connectivity index (χ3v) is 6.43. The second-order valence-corrected chi connectivity index (χ2v) is 8.66. The molecule has 0 aliphatic carbocycles. The Morgan fingerprint density at radius 1 is 1.13 bits per heavy atom. The molecule has 0 spiro atoms. The molecule has 0 unspecified atom stereocenters. The van der Waals surface area contributed by atoms with E-state index in [9.17, 15) is 18.8 Å². The molecule has 3 aromatic rings. The molecule has 1 saturated heterocycles. The van der Waals surface area contributed by atoms with E-state index in [2.05, 4.69) is 22.1 Å². The summed E-state index contributed by atoms with van der Waals surface area (Å²) >= 11 is 0. The van der Waals surface area contributed by atoms with Crippen molar-refractivity contribution in [1.82, 2.24) is 10.3 Å². The van der Waals surface area contributed by atoms with Gasteiger partial charge in [-0.1, -0.05) is 18.8 Å². The molecule has 2 aromatic carbocycles. The van der Waals surface area contributed by atoms with Crippen LogP contribution in [0.1, 0.15) is 45.2 Å². The molecule has 3 atom stereocenters. The lowest BCUT2D eigenvalue weighted by Crippen LogP contribution is -2.34. The number of methoxy groups -OCH3 is 2. The zero-order valence-corrected chi connectivity index (χ0v) is 21.0. The van der Waals surface area contributed by atoms with Crippen LogP contribution in [0.15, 0.2) is 42.6 Å². The quantitative estimate of drug-likeness (QED) is 0.363. The van der Waals surface area contributed by atoms with Crippen LogP contribution < -0.4 is 20.5 Å². The monoisotopic (exact) mass is 519 g/mol. The van der Waals surface area contributed by atoms with Gasteiger partial charge in [0, 0.05) is 28.5 Å². The number of nitrogens with one attached hydrogen (secondary N) is 1. The van der Waals surface area contributed by atoms with E-state index in [1.54, 1.807) is 36.4 Å². The van der Waals surface area contributed by atoms with Crippen LogP contribution in [-0.4, -0.2) is 55.8 Å². The number of esters is 1. The Labute approximate surface area is 218 Å². The van der Waals surface area contributed by atoms with Gasteiger partial charge < -0.3 is 25.3 Å². The van der Waals surface area contributed by atoms with Crippen molar-refractivity contribution in [1.29, 1.82) is 0 Å². The molecular formula is C28H26FN3O6. The largest absolute Gasteiger partial charge is 0.496 e. The van der Waals surface area contributed by atoms with Gasteiger partial charge in [0.1, 0.15) is 12.4 Å². The van der Waals surface area contributed by atoms with Crippen molar-refractivity contribution in [3.63, 3.8) is 0 Å². The number of halogens is 1. The smallest absolute Gasteiger partial charge is 0.337 e. The van der Waals surface area contributed by atoms with E-state index < -0.39 is 35.9 Å². The van der Waals surface area contributed by atoms with Gasteiger partial charge in [0.05, 0.1) is 37.0 Å². The number of benzene rings is 2. The van der Waals surface area contributed by atoms with Crippen molar-refractivity contribution in [2.75, 3.05) is 20.8 Å². The minimum absolute atomic E-state index is 0.00419. The number of pyridine rings is 1. The van der Waals surface area contributed by atoms with Crippen LogP contribution in [0.2, 0.25) is 0 Å². The summed E-state index contributed by atoms with van der Waals surface area (Å²) in [6.07, 6.45) is 0.371. The summed E-state index contributed by atoms with van der Waals surface area (Å²) < 4.78 is 30.2. The molecule has 9 nitrogen and oxygen atoms in total. The first-order valence-electron chi connectivity index (χ1n) is 11.9. The number of fused-ring (bicyclic) bond motifs is 1. The molecule has 0 radical (unpaired) electrons. The summed E-state index contributed by atoms with van der Waals surface area (Å²) in [5, 5.41) is 3.66. The van der Waals surface area contributed by atoms with E-state index in [-0.39, 0.29) is 23.8 Å². The van der Waals surface area contributed by atoms with Crippen LogP contribution in [-0.2, 0) is 9.53 Å². The number of ether oxygens (including phenoxy) is 3. The molecule has 1 aliphatic rings. The summed E-state index contributed by atoms with van der Waals surface area (Å²) in [6.45, 7) is 1.81. The molecular weight excluding hydrogens is 493 g/mol.